The topological polar surface area (TPSA) is 93.4 Å². The van der Waals surface area contributed by atoms with Crippen LogP contribution in [-0.4, -0.2) is 67.4 Å². The fraction of sp³-hybridized carbons (Fsp3) is 0.393. The number of hydrogen-bond donors (Lipinski definition) is 2. The Kier molecular flexibility index (Phi) is 6.39. The summed E-state index contributed by atoms with van der Waals surface area (Å²) in [4.78, 5) is 14.2. The minimum Gasteiger partial charge on any atom is -0.488 e. The molecule has 3 aliphatic rings. The van der Waals surface area contributed by atoms with Gasteiger partial charge in [-0.1, -0.05) is 12.1 Å². The second-order valence-electron chi connectivity index (χ2n) is 9.56. The molecule has 0 radical (unpaired) electrons. The van der Waals surface area contributed by atoms with E-state index in [4.69, 9.17) is 18.6 Å². The zero-order valence-corrected chi connectivity index (χ0v) is 20.1. The molecule has 2 aromatic carbocycles. The van der Waals surface area contributed by atoms with Crippen LogP contribution in [0.4, 0.5) is 0 Å². The molecule has 2 N–H and O–H groups in total. The second-order valence-corrected chi connectivity index (χ2v) is 9.56. The molecule has 2 atom stereocenters. The van der Waals surface area contributed by atoms with Crippen LogP contribution in [0.3, 0.4) is 0 Å². The summed E-state index contributed by atoms with van der Waals surface area (Å²) in [6, 6.07) is 9.94. The molecule has 1 aromatic heterocycles. The highest BCUT2D eigenvalue weighted by atomic mass is 16.6. The van der Waals surface area contributed by atoms with E-state index in [1.807, 2.05) is 36.4 Å². The number of ether oxygens (including phenoxy) is 3. The van der Waals surface area contributed by atoms with Crippen molar-refractivity contribution in [2.75, 3.05) is 39.5 Å². The number of nitrogens with zero attached hydrogens (tertiary/aromatic N) is 1. The van der Waals surface area contributed by atoms with E-state index in [-0.39, 0.29) is 11.8 Å². The lowest BCUT2D eigenvalue weighted by Gasteiger charge is -2.36. The van der Waals surface area contributed by atoms with Gasteiger partial charge < -0.3 is 29.1 Å². The standard InChI is InChI=1S/C28H30N2O6/c31-21-3-2-19-14-20-6-9-35-27(20)28(22(19)15-21)36-10-8-30-7-5-23(24(32)17-30)29-16-18-1-4-25-26(13-18)34-12-11-33-25/h1-4,6,9,13-14,23-24,29,32H,5,7-8,10-12,15-17H2/t23-,24-/m1/s1. The van der Waals surface area contributed by atoms with Gasteiger partial charge in [-0.25, -0.2) is 0 Å². The van der Waals surface area contributed by atoms with Gasteiger partial charge in [0, 0.05) is 43.0 Å². The monoisotopic (exact) mass is 490 g/mol. The fourth-order valence-electron chi connectivity index (χ4n) is 5.20. The Morgan fingerprint density at radius 3 is 2.89 bits per heavy atom. The Morgan fingerprint density at radius 1 is 1.11 bits per heavy atom. The van der Waals surface area contributed by atoms with Crippen LogP contribution in [-0.2, 0) is 17.8 Å². The van der Waals surface area contributed by atoms with E-state index in [1.165, 1.54) is 0 Å². The van der Waals surface area contributed by atoms with Crippen LogP contribution in [0.5, 0.6) is 17.2 Å². The number of aliphatic hydroxyl groups excluding tert-OH is 1. The molecule has 6 rings (SSSR count). The molecular weight excluding hydrogens is 460 g/mol. The number of rotatable bonds is 7. The zero-order valence-electron chi connectivity index (χ0n) is 20.1. The first kappa shape index (κ1) is 23.1. The van der Waals surface area contributed by atoms with E-state index in [2.05, 4.69) is 10.2 Å². The Labute approximate surface area is 209 Å². The minimum atomic E-state index is -0.472. The average Bonchev–Trinajstić information content (AvgIpc) is 3.36. The third-order valence-corrected chi connectivity index (χ3v) is 7.13. The summed E-state index contributed by atoms with van der Waals surface area (Å²) < 4.78 is 23.1. The molecule has 0 spiro atoms. The van der Waals surface area contributed by atoms with Gasteiger partial charge in [-0.2, -0.15) is 0 Å². The Bertz CT molecular complexity index is 1300. The predicted molar refractivity (Wildman–Crippen MR) is 135 cm³/mol. The number of β-amino-alcohol motifs (C(OH)–C–C–N with tert-alkyl or cyclic N) is 1. The minimum absolute atomic E-state index is 0.0251. The summed E-state index contributed by atoms with van der Waals surface area (Å²) in [5, 5.41) is 15.2. The molecule has 36 heavy (non-hydrogen) atoms. The van der Waals surface area contributed by atoms with Crippen LogP contribution in [0, 0.1) is 0 Å². The molecule has 0 saturated carbocycles. The molecule has 0 bridgehead atoms. The third-order valence-electron chi connectivity index (χ3n) is 7.13. The number of aliphatic hydroxyl groups is 1. The van der Waals surface area contributed by atoms with Gasteiger partial charge in [-0.3, -0.25) is 9.69 Å². The first-order valence-electron chi connectivity index (χ1n) is 12.5. The summed E-state index contributed by atoms with van der Waals surface area (Å²) in [5.41, 5.74) is 3.66. The maximum absolute atomic E-state index is 12.0. The molecule has 3 aromatic rings. The van der Waals surface area contributed by atoms with Crippen LogP contribution in [0.1, 0.15) is 23.1 Å². The van der Waals surface area contributed by atoms with E-state index in [1.54, 1.807) is 12.3 Å². The summed E-state index contributed by atoms with van der Waals surface area (Å²) >= 11 is 0. The maximum Gasteiger partial charge on any atom is 0.176 e. The summed E-state index contributed by atoms with van der Waals surface area (Å²) in [7, 11) is 0. The first-order chi connectivity index (χ1) is 17.6. The van der Waals surface area contributed by atoms with Crippen LogP contribution < -0.4 is 19.5 Å². The first-order valence-corrected chi connectivity index (χ1v) is 12.5. The number of fused-ring (bicyclic) bond motifs is 3. The van der Waals surface area contributed by atoms with Crippen molar-refractivity contribution in [3.63, 3.8) is 0 Å². The van der Waals surface area contributed by atoms with Crippen molar-refractivity contribution in [1.82, 2.24) is 10.2 Å². The van der Waals surface area contributed by atoms with Crippen LogP contribution in [0.15, 0.2) is 47.1 Å². The van der Waals surface area contributed by atoms with Gasteiger partial charge >= 0.3 is 0 Å². The average molecular weight is 491 g/mol. The highest BCUT2D eigenvalue weighted by molar-refractivity contribution is 6.01. The van der Waals surface area contributed by atoms with Crippen molar-refractivity contribution in [2.24, 2.45) is 0 Å². The number of nitrogens with one attached hydrogen (secondary N) is 1. The number of carbonyl (C=O) groups excluding carboxylic acids is 1. The van der Waals surface area contributed by atoms with Crippen molar-refractivity contribution in [3.8, 4) is 17.2 Å². The van der Waals surface area contributed by atoms with Gasteiger partial charge in [0.2, 0.25) is 0 Å². The molecule has 0 unspecified atom stereocenters. The Balaban J connectivity index is 1.02. The quantitative estimate of drug-likeness (QED) is 0.522. The number of ketones is 1. The Hall–Kier alpha value is -3.33. The van der Waals surface area contributed by atoms with Crippen molar-refractivity contribution in [3.05, 3.63) is 59.4 Å². The van der Waals surface area contributed by atoms with E-state index in [0.29, 0.717) is 57.2 Å². The van der Waals surface area contributed by atoms with Gasteiger partial charge in [0.05, 0.1) is 12.4 Å². The lowest BCUT2D eigenvalue weighted by Crippen LogP contribution is -2.53. The molecule has 8 nitrogen and oxygen atoms in total. The van der Waals surface area contributed by atoms with Gasteiger partial charge in [0.25, 0.3) is 0 Å². The number of benzene rings is 2. The molecule has 1 fully saturated rings. The smallest absolute Gasteiger partial charge is 0.176 e. The predicted octanol–water partition coefficient (Wildman–Crippen LogP) is 2.95. The Morgan fingerprint density at radius 2 is 2.00 bits per heavy atom. The van der Waals surface area contributed by atoms with E-state index in [9.17, 15) is 9.90 Å². The van der Waals surface area contributed by atoms with Crippen molar-refractivity contribution < 1.29 is 28.5 Å². The zero-order chi connectivity index (χ0) is 24.5. The summed E-state index contributed by atoms with van der Waals surface area (Å²) in [6.07, 6.45) is 5.80. The fourth-order valence-corrected chi connectivity index (χ4v) is 5.20. The van der Waals surface area contributed by atoms with Crippen LogP contribution in [0.25, 0.3) is 17.0 Å². The normalized spacial score (nSPS) is 21.5. The SMILES string of the molecule is O=C1C=Cc2cc3ccoc3c(OCCN3CC[C@@H](NCc4ccc5c(c4)OCCO5)[C@H](O)C3)c2C1. The second kappa shape index (κ2) is 9.97. The summed E-state index contributed by atoms with van der Waals surface area (Å²) in [5.74, 6) is 2.28. The van der Waals surface area contributed by atoms with Gasteiger partial charge in [-0.15, -0.1) is 0 Å². The van der Waals surface area contributed by atoms with Gasteiger partial charge in [0.15, 0.2) is 28.6 Å². The molecule has 3 heterocycles. The van der Waals surface area contributed by atoms with Crippen LogP contribution in [0.2, 0.25) is 0 Å². The van der Waals surface area contributed by atoms with Crippen molar-refractivity contribution in [1.29, 1.82) is 0 Å². The van der Waals surface area contributed by atoms with E-state index in [0.717, 1.165) is 46.5 Å². The molecular formula is C28H30N2O6. The highest BCUT2D eigenvalue weighted by Gasteiger charge is 2.28. The molecule has 1 saturated heterocycles. The lowest BCUT2D eigenvalue weighted by molar-refractivity contribution is -0.114. The lowest BCUT2D eigenvalue weighted by atomic mass is 9.94. The number of likely N-dealkylation sites (tertiary alicyclic amines) is 1. The van der Waals surface area contributed by atoms with Gasteiger partial charge in [0.1, 0.15) is 19.8 Å². The van der Waals surface area contributed by atoms with E-state index >= 15 is 0 Å². The molecule has 2 aliphatic heterocycles. The maximum atomic E-state index is 12.0. The number of piperidine rings is 1. The molecule has 188 valence electrons. The molecule has 0 amide bonds. The number of furan rings is 1. The molecule has 1 aliphatic carbocycles. The highest BCUT2D eigenvalue weighted by Crippen LogP contribution is 2.36. The largest absolute Gasteiger partial charge is 0.488 e. The third kappa shape index (κ3) is 4.72. The molecule has 8 heteroatoms. The summed E-state index contributed by atoms with van der Waals surface area (Å²) in [6.45, 7) is 4.38. The van der Waals surface area contributed by atoms with Crippen LogP contribution >= 0.6 is 0 Å². The number of carbonyl (C=O) groups is 1. The van der Waals surface area contributed by atoms with Gasteiger partial charge in [-0.05, 0) is 54.4 Å². The van der Waals surface area contributed by atoms with Crippen molar-refractivity contribution >= 4 is 22.8 Å². The van der Waals surface area contributed by atoms with Crippen molar-refractivity contribution in [2.45, 2.75) is 31.5 Å². The number of allylic oxidation sites excluding steroid dienone is 1. The number of hydrogen-bond acceptors (Lipinski definition) is 8. The van der Waals surface area contributed by atoms with E-state index < -0.39 is 6.10 Å².